The molecular weight excluding hydrogens is 380 g/mol. The van der Waals surface area contributed by atoms with Gasteiger partial charge < -0.3 is 10.2 Å². The molecule has 4 unspecified atom stereocenters. The average molecular weight is 429 g/mol. The summed E-state index contributed by atoms with van der Waals surface area (Å²) in [6, 6.07) is 0. The maximum absolute atomic E-state index is 10.2. The Morgan fingerprint density at radius 3 is 2.48 bits per heavy atom. The Hall–Kier alpha value is -0.600. The van der Waals surface area contributed by atoms with Crippen molar-refractivity contribution in [3.05, 3.63) is 23.3 Å². The van der Waals surface area contributed by atoms with Crippen LogP contribution in [0, 0.1) is 46.3 Å². The summed E-state index contributed by atoms with van der Waals surface area (Å²) < 4.78 is 0. The number of fused-ring (bicyclic) bond motifs is 5. The van der Waals surface area contributed by atoms with Gasteiger partial charge in [-0.3, -0.25) is 0 Å². The molecule has 0 radical (unpaired) electrons. The zero-order valence-electron chi connectivity index (χ0n) is 21.0. The first-order valence-corrected chi connectivity index (χ1v) is 13.3. The monoisotopic (exact) mass is 428 g/mol. The average Bonchev–Trinajstić information content (AvgIpc) is 3.05. The molecule has 0 aromatic carbocycles. The second-order valence-corrected chi connectivity index (χ2v) is 12.6. The van der Waals surface area contributed by atoms with Crippen molar-refractivity contribution in [2.24, 2.45) is 46.3 Å². The van der Waals surface area contributed by atoms with E-state index >= 15 is 0 Å². The second-order valence-electron chi connectivity index (χ2n) is 12.6. The lowest BCUT2D eigenvalue weighted by Crippen LogP contribution is -2.50. The van der Waals surface area contributed by atoms with Crippen molar-refractivity contribution in [1.29, 1.82) is 0 Å². The Morgan fingerprint density at radius 1 is 1.06 bits per heavy atom. The molecule has 0 spiro atoms. The summed E-state index contributed by atoms with van der Waals surface area (Å²) in [5.74, 6) is 4.46. The van der Waals surface area contributed by atoms with Crippen LogP contribution < -0.4 is 0 Å². The number of hydrogen-bond donors (Lipinski definition) is 2. The molecule has 4 aliphatic carbocycles. The van der Waals surface area contributed by atoms with Gasteiger partial charge in [0, 0.05) is 0 Å². The van der Waals surface area contributed by atoms with Crippen LogP contribution in [0.4, 0.5) is 0 Å². The zero-order valence-corrected chi connectivity index (χ0v) is 21.0. The van der Waals surface area contributed by atoms with Gasteiger partial charge in [-0.15, -0.1) is 0 Å². The van der Waals surface area contributed by atoms with Gasteiger partial charge in [-0.2, -0.15) is 0 Å². The first-order chi connectivity index (χ1) is 14.6. The Balaban J connectivity index is 1.51. The second kappa shape index (κ2) is 8.64. The van der Waals surface area contributed by atoms with Gasteiger partial charge in [0.05, 0.1) is 12.2 Å². The molecule has 4 rings (SSSR count). The van der Waals surface area contributed by atoms with E-state index < -0.39 is 0 Å². The third-order valence-corrected chi connectivity index (χ3v) is 10.7. The van der Waals surface area contributed by atoms with Gasteiger partial charge in [0.25, 0.3) is 0 Å². The number of aliphatic hydroxyl groups excluding tert-OH is 2. The molecule has 0 amide bonds. The van der Waals surface area contributed by atoms with Crippen LogP contribution in [-0.4, -0.2) is 22.4 Å². The Kier molecular flexibility index (Phi) is 6.56. The standard InChI is InChI=1S/C29H48O2/c1-18(2)23(20(4)30)9-7-19(3)25-11-12-26-24-10-8-21-17-22(31)13-15-28(21,5)27(24)14-16-29(25,26)6/h8-9,18-20,22,24-27,30-31H,7,10-17H2,1-6H3/b23-9-/t19-,20?,22+,24?,25-,26?,27?,28+,29-/m1/s1. The van der Waals surface area contributed by atoms with Gasteiger partial charge in [0.2, 0.25) is 0 Å². The molecule has 4 aliphatic rings. The number of allylic oxidation sites excluding steroid dienone is 2. The molecule has 2 heteroatoms. The summed E-state index contributed by atoms with van der Waals surface area (Å²) in [6.07, 6.45) is 15.5. The quantitative estimate of drug-likeness (QED) is 0.467. The summed E-state index contributed by atoms with van der Waals surface area (Å²) in [7, 11) is 0. The van der Waals surface area contributed by atoms with Crippen LogP contribution in [0.15, 0.2) is 23.3 Å². The van der Waals surface area contributed by atoms with Gasteiger partial charge in [-0.1, -0.05) is 52.3 Å². The summed E-state index contributed by atoms with van der Waals surface area (Å²) in [6.45, 7) is 14.0. The minimum Gasteiger partial charge on any atom is -0.393 e. The highest BCUT2D eigenvalue weighted by atomic mass is 16.3. The van der Waals surface area contributed by atoms with Crippen molar-refractivity contribution in [1.82, 2.24) is 0 Å². The predicted octanol–water partition coefficient (Wildman–Crippen LogP) is 6.92. The molecule has 0 aromatic rings. The summed E-state index contributed by atoms with van der Waals surface area (Å²) in [5, 5.41) is 20.4. The van der Waals surface area contributed by atoms with Crippen molar-refractivity contribution >= 4 is 0 Å². The van der Waals surface area contributed by atoms with Crippen molar-refractivity contribution in [3.63, 3.8) is 0 Å². The molecule has 3 fully saturated rings. The minimum atomic E-state index is -0.326. The van der Waals surface area contributed by atoms with E-state index in [4.69, 9.17) is 0 Å². The topological polar surface area (TPSA) is 40.5 Å². The molecule has 0 saturated heterocycles. The molecule has 31 heavy (non-hydrogen) atoms. The van der Waals surface area contributed by atoms with E-state index in [-0.39, 0.29) is 12.2 Å². The SMILES string of the molecule is CC(C)/C(=C/C[C@@H](C)[C@H]1CCC2C3CC=C4C[C@@H](O)CC[C@]4(C)C3CC[C@@]21C)C(C)O. The van der Waals surface area contributed by atoms with E-state index in [1.54, 1.807) is 5.57 Å². The van der Waals surface area contributed by atoms with Crippen molar-refractivity contribution in [3.8, 4) is 0 Å². The Labute approximate surface area is 191 Å². The Bertz CT molecular complexity index is 708. The maximum atomic E-state index is 10.2. The van der Waals surface area contributed by atoms with Crippen molar-refractivity contribution < 1.29 is 10.2 Å². The first-order valence-electron chi connectivity index (χ1n) is 13.3. The molecule has 0 bridgehead atoms. The lowest BCUT2D eigenvalue weighted by Gasteiger charge is -2.58. The lowest BCUT2D eigenvalue weighted by molar-refractivity contribution is -0.0565. The molecule has 0 heterocycles. The third-order valence-electron chi connectivity index (χ3n) is 10.7. The van der Waals surface area contributed by atoms with Crippen LogP contribution in [0.1, 0.15) is 99.3 Å². The van der Waals surface area contributed by atoms with Crippen molar-refractivity contribution in [2.45, 2.75) is 112 Å². The Morgan fingerprint density at radius 2 is 1.81 bits per heavy atom. The molecule has 3 saturated carbocycles. The molecule has 0 aliphatic heterocycles. The summed E-state index contributed by atoms with van der Waals surface area (Å²) in [5.41, 5.74) is 3.63. The summed E-state index contributed by atoms with van der Waals surface area (Å²) >= 11 is 0. The first kappa shape index (κ1) is 23.6. The van der Waals surface area contributed by atoms with Crippen LogP contribution in [0.3, 0.4) is 0 Å². The van der Waals surface area contributed by atoms with Gasteiger partial charge in [-0.25, -0.2) is 0 Å². The van der Waals surface area contributed by atoms with Crippen LogP contribution in [0.2, 0.25) is 0 Å². The highest BCUT2D eigenvalue weighted by Gasteiger charge is 2.59. The van der Waals surface area contributed by atoms with Gasteiger partial charge in [0.1, 0.15) is 0 Å². The fourth-order valence-electron chi connectivity index (χ4n) is 8.99. The van der Waals surface area contributed by atoms with E-state index in [1.807, 2.05) is 6.92 Å². The highest BCUT2D eigenvalue weighted by Crippen LogP contribution is 2.67. The smallest absolute Gasteiger partial charge is 0.0724 e. The van der Waals surface area contributed by atoms with Crippen LogP contribution in [-0.2, 0) is 0 Å². The van der Waals surface area contributed by atoms with Gasteiger partial charge >= 0.3 is 0 Å². The fourth-order valence-corrected chi connectivity index (χ4v) is 8.99. The molecule has 9 atom stereocenters. The highest BCUT2D eigenvalue weighted by molar-refractivity contribution is 5.25. The lowest BCUT2D eigenvalue weighted by atomic mass is 9.47. The van der Waals surface area contributed by atoms with Crippen LogP contribution >= 0.6 is 0 Å². The fraction of sp³-hybridized carbons (Fsp3) is 0.862. The van der Waals surface area contributed by atoms with Crippen LogP contribution in [0.5, 0.6) is 0 Å². The maximum Gasteiger partial charge on any atom is 0.0724 e. The van der Waals surface area contributed by atoms with E-state index in [2.05, 4.69) is 46.8 Å². The van der Waals surface area contributed by atoms with Gasteiger partial charge in [0.15, 0.2) is 0 Å². The molecule has 2 N–H and O–H groups in total. The predicted molar refractivity (Wildman–Crippen MR) is 130 cm³/mol. The van der Waals surface area contributed by atoms with Gasteiger partial charge in [-0.05, 0) is 117 Å². The summed E-state index contributed by atoms with van der Waals surface area (Å²) in [4.78, 5) is 0. The number of rotatable bonds is 5. The molecular formula is C29H48O2. The van der Waals surface area contributed by atoms with E-state index in [9.17, 15) is 10.2 Å². The molecule has 0 aromatic heterocycles. The van der Waals surface area contributed by atoms with E-state index in [0.29, 0.717) is 22.7 Å². The molecule has 2 nitrogen and oxygen atoms in total. The zero-order chi connectivity index (χ0) is 22.6. The van der Waals surface area contributed by atoms with E-state index in [1.165, 1.54) is 44.1 Å². The van der Waals surface area contributed by atoms with Crippen LogP contribution in [0.25, 0.3) is 0 Å². The number of hydrogen-bond acceptors (Lipinski definition) is 2. The third kappa shape index (κ3) is 3.99. The van der Waals surface area contributed by atoms with Crippen molar-refractivity contribution in [2.75, 3.05) is 0 Å². The normalized spacial score (nSPS) is 44.9. The minimum absolute atomic E-state index is 0.105. The molecule has 176 valence electrons. The largest absolute Gasteiger partial charge is 0.393 e. The van der Waals surface area contributed by atoms with E-state index in [0.717, 1.165) is 42.9 Å². The number of aliphatic hydroxyl groups is 2.